The van der Waals surface area contributed by atoms with Gasteiger partial charge in [-0.1, -0.05) is 27.7 Å². The highest BCUT2D eigenvalue weighted by Crippen LogP contribution is 2.15. The van der Waals surface area contributed by atoms with Gasteiger partial charge in [0.2, 0.25) is 0 Å². The van der Waals surface area contributed by atoms with E-state index in [4.69, 9.17) is 0 Å². The van der Waals surface area contributed by atoms with Gasteiger partial charge in [-0.3, -0.25) is 4.79 Å². The highest BCUT2D eigenvalue weighted by atomic mass is 79.9. The van der Waals surface area contributed by atoms with Crippen LogP contribution in [-0.2, 0) is 0 Å². The predicted molar refractivity (Wildman–Crippen MR) is 80.2 cm³/mol. The van der Waals surface area contributed by atoms with Crippen LogP contribution in [0.4, 0.5) is 0 Å². The number of hydrogen-bond acceptors (Lipinski definition) is 4. The standard InChI is InChI=1S/C14H11BrN2OS/c1-10-6-8-16-14(17-10)19-9-7-13(18)11-2-4-12(15)5-3-11/h2-9H,1H3. The lowest BCUT2D eigenvalue weighted by atomic mass is 10.1. The summed E-state index contributed by atoms with van der Waals surface area (Å²) in [5.74, 6) is -0.0346. The van der Waals surface area contributed by atoms with E-state index in [0.29, 0.717) is 10.7 Å². The van der Waals surface area contributed by atoms with E-state index in [1.807, 2.05) is 25.1 Å². The van der Waals surface area contributed by atoms with Gasteiger partial charge in [-0.2, -0.15) is 0 Å². The number of benzene rings is 1. The molecule has 0 radical (unpaired) electrons. The van der Waals surface area contributed by atoms with Gasteiger partial charge in [0, 0.05) is 21.9 Å². The van der Waals surface area contributed by atoms with Crippen molar-refractivity contribution in [2.75, 3.05) is 0 Å². The summed E-state index contributed by atoms with van der Waals surface area (Å²) in [5, 5.41) is 2.35. The van der Waals surface area contributed by atoms with Crippen molar-refractivity contribution in [1.82, 2.24) is 9.97 Å². The van der Waals surface area contributed by atoms with Crippen molar-refractivity contribution in [3.05, 3.63) is 63.7 Å². The van der Waals surface area contributed by atoms with Gasteiger partial charge in [-0.25, -0.2) is 9.97 Å². The minimum absolute atomic E-state index is 0.0346. The number of nitrogens with zero attached hydrogens (tertiary/aromatic N) is 2. The van der Waals surface area contributed by atoms with Gasteiger partial charge < -0.3 is 0 Å². The second kappa shape index (κ2) is 6.63. The van der Waals surface area contributed by atoms with E-state index in [1.54, 1.807) is 23.7 Å². The van der Waals surface area contributed by atoms with Gasteiger partial charge in [-0.15, -0.1) is 0 Å². The zero-order valence-electron chi connectivity index (χ0n) is 10.2. The van der Waals surface area contributed by atoms with Crippen LogP contribution in [0.25, 0.3) is 0 Å². The Morgan fingerprint density at radius 3 is 2.68 bits per heavy atom. The number of carbonyl (C=O) groups excluding carboxylic acids is 1. The van der Waals surface area contributed by atoms with Crippen LogP contribution >= 0.6 is 27.7 Å². The van der Waals surface area contributed by atoms with Crippen LogP contribution in [-0.4, -0.2) is 15.8 Å². The van der Waals surface area contributed by atoms with Crippen LogP contribution < -0.4 is 0 Å². The number of allylic oxidation sites excluding steroid dienone is 1. The van der Waals surface area contributed by atoms with Crippen molar-refractivity contribution in [1.29, 1.82) is 0 Å². The second-order valence-corrected chi connectivity index (χ2v) is 5.56. The number of aryl methyl sites for hydroxylation is 1. The number of rotatable bonds is 4. The highest BCUT2D eigenvalue weighted by molar-refractivity contribution is 9.10. The van der Waals surface area contributed by atoms with Crippen molar-refractivity contribution < 1.29 is 4.79 Å². The molecule has 0 amide bonds. The fraction of sp³-hybridized carbons (Fsp3) is 0.0714. The molecular formula is C14H11BrN2OS. The topological polar surface area (TPSA) is 42.9 Å². The first kappa shape index (κ1) is 14.0. The number of hydrogen-bond donors (Lipinski definition) is 0. The third-order valence-corrected chi connectivity index (χ3v) is 3.50. The average molecular weight is 335 g/mol. The minimum Gasteiger partial charge on any atom is -0.289 e. The third kappa shape index (κ3) is 4.29. The summed E-state index contributed by atoms with van der Waals surface area (Å²) >= 11 is 4.66. The maximum atomic E-state index is 11.9. The van der Waals surface area contributed by atoms with Gasteiger partial charge in [0.25, 0.3) is 0 Å². The first-order valence-corrected chi connectivity index (χ1v) is 7.25. The summed E-state index contributed by atoms with van der Waals surface area (Å²) in [6, 6.07) is 9.09. The molecule has 1 heterocycles. The van der Waals surface area contributed by atoms with Gasteiger partial charge in [0.05, 0.1) is 0 Å². The Morgan fingerprint density at radius 1 is 1.26 bits per heavy atom. The van der Waals surface area contributed by atoms with Crippen molar-refractivity contribution >= 4 is 33.5 Å². The van der Waals surface area contributed by atoms with Gasteiger partial charge in [0.1, 0.15) is 0 Å². The molecule has 0 atom stereocenters. The van der Waals surface area contributed by atoms with Crippen LogP contribution in [0.5, 0.6) is 0 Å². The first-order valence-electron chi connectivity index (χ1n) is 5.58. The maximum absolute atomic E-state index is 11.9. The third-order valence-electron chi connectivity index (χ3n) is 2.29. The molecule has 0 N–H and O–H groups in total. The van der Waals surface area contributed by atoms with Crippen LogP contribution in [0, 0.1) is 6.92 Å². The zero-order chi connectivity index (χ0) is 13.7. The van der Waals surface area contributed by atoms with E-state index in [2.05, 4.69) is 25.9 Å². The second-order valence-electron chi connectivity index (χ2n) is 3.77. The molecule has 0 saturated heterocycles. The number of carbonyl (C=O) groups is 1. The molecule has 1 aromatic heterocycles. The molecule has 19 heavy (non-hydrogen) atoms. The van der Waals surface area contributed by atoms with E-state index >= 15 is 0 Å². The monoisotopic (exact) mass is 334 g/mol. The largest absolute Gasteiger partial charge is 0.289 e. The van der Waals surface area contributed by atoms with Crippen molar-refractivity contribution in [3.8, 4) is 0 Å². The summed E-state index contributed by atoms with van der Waals surface area (Å²) in [5.41, 5.74) is 1.57. The van der Waals surface area contributed by atoms with Gasteiger partial charge in [-0.05, 0) is 48.7 Å². The highest BCUT2D eigenvalue weighted by Gasteiger charge is 2.01. The summed E-state index contributed by atoms with van der Waals surface area (Å²) in [6.45, 7) is 1.91. The van der Waals surface area contributed by atoms with Crippen LogP contribution in [0.15, 0.2) is 57.6 Å². The van der Waals surface area contributed by atoms with Gasteiger partial charge >= 0.3 is 0 Å². The summed E-state index contributed by atoms with van der Waals surface area (Å²) < 4.78 is 0.954. The summed E-state index contributed by atoms with van der Waals surface area (Å²) in [7, 11) is 0. The lowest BCUT2D eigenvalue weighted by molar-refractivity contribution is 0.104. The number of thioether (sulfide) groups is 1. The number of aromatic nitrogens is 2. The van der Waals surface area contributed by atoms with E-state index in [0.717, 1.165) is 10.2 Å². The zero-order valence-corrected chi connectivity index (χ0v) is 12.6. The van der Waals surface area contributed by atoms with Crippen LogP contribution in [0.3, 0.4) is 0 Å². The minimum atomic E-state index is -0.0346. The Bertz CT molecular complexity index is 611. The molecule has 2 aromatic rings. The molecule has 0 spiro atoms. The van der Waals surface area contributed by atoms with Crippen LogP contribution in [0.1, 0.15) is 16.1 Å². The van der Waals surface area contributed by atoms with Gasteiger partial charge in [0.15, 0.2) is 10.9 Å². The normalized spacial score (nSPS) is 10.8. The summed E-state index contributed by atoms with van der Waals surface area (Å²) in [4.78, 5) is 20.2. The maximum Gasteiger partial charge on any atom is 0.192 e. The van der Waals surface area contributed by atoms with Crippen molar-refractivity contribution in [2.24, 2.45) is 0 Å². The molecule has 2 rings (SSSR count). The fourth-order valence-corrected chi connectivity index (χ4v) is 2.25. The molecule has 0 unspecified atom stereocenters. The van der Waals surface area contributed by atoms with Crippen molar-refractivity contribution in [3.63, 3.8) is 0 Å². The Balaban J connectivity index is 1.99. The molecular weight excluding hydrogens is 324 g/mol. The molecule has 0 bridgehead atoms. The van der Waals surface area contributed by atoms with Crippen LogP contribution in [0.2, 0.25) is 0 Å². The SMILES string of the molecule is Cc1ccnc(SC=CC(=O)c2ccc(Br)cc2)n1. The first-order chi connectivity index (χ1) is 9.15. The van der Waals surface area contributed by atoms with E-state index in [1.165, 1.54) is 17.8 Å². The molecule has 96 valence electrons. The molecule has 0 saturated carbocycles. The molecule has 0 fully saturated rings. The fourth-order valence-electron chi connectivity index (χ4n) is 1.35. The van der Waals surface area contributed by atoms with E-state index < -0.39 is 0 Å². The molecule has 0 aliphatic heterocycles. The van der Waals surface area contributed by atoms with E-state index in [-0.39, 0.29) is 5.78 Å². The predicted octanol–water partition coefficient (Wildman–Crippen LogP) is 4.04. The Morgan fingerprint density at radius 2 is 2.00 bits per heavy atom. The molecule has 1 aromatic carbocycles. The average Bonchev–Trinajstić information content (AvgIpc) is 2.39. The molecule has 5 heteroatoms. The van der Waals surface area contributed by atoms with Crippen molar-refractivity contribution in [2.45, 2.75) is 12.1 Å². The lowest BCUT2D eigenvalue weighted by Crippen LogP contribution is -1.93. The van der Waals surface area contributed by atoms with E-state index in [9.17, 15) is 4.79 Å². The molecule has 3 nitrogen and oxygen atoms in total. The number of halogens is 1. The molecule has 0 aliphatic carbocycles. The Hall–Kier alpha value is -1.46. The summed E-state index contributed by atoms with van der Waals surface area (Å²) in [6.07, 6.45) is 3.23. The number of ketones is 1. The Kier molecular flexibility index (Phi) is 4.87. The molecule has 0 aliphatic rings. The quantitative estimate of drug-likeness (QED) is 0.366. The smallest absolute Gasteiger partial charge is 0.192 e. The Labute approximate surface area is 124 Å². The lowest BCUT2D eigenvalue weighted by Gasteiger charge is -1.97.